The van der Waals surface area contributed by atoms with E-state index < -0.39 is 0 Å². The number of rotatable bonds is 1. The molecule has 1 rings (SSSR count). The molecule has 0 aromatic heterocycles. The number of hydrogen-bond acceptors (Lipinski definition) is 0. The summed E-state index contributed by atoms with van der Waals surface area (Å²) in [6, 6.07) is 11.2. The van der Waals surface area contributed by atoms with Crippen molar-refractivity contribution in [2.24, 2.45) is 0 Å². The van der Waals surface area contributed by atoms with E-state index in [1.54, 1.807) is 0 Å². The van der Waals surface area contributed by atoms with Gasteiger partial charge < -0.3 is 7.43 Å². The van der Waals surface area contributed by atoms with Crippen LogP contribution in [0, 0.1) is 13.5 Å². The van der Waals surface area contributed by atoms with Crippen LogP contribution in [-0.4, -0.2) is 0 Å². The van der Waals surface area contributed by atoms with Gasteiger partial charge in [0.2, 0.25) is 0 Å². The van der Waals surface area contributed by atoms with Crippen molar-refractivity contribution < 1.29 is 32.7 Å². The minimum Gasteiger partial charge on any atom is -0.358 e. The molecule has 0 saturated carbocycles. The second-order valence-corrected chi connectivity index (χ2v) is 1.74. The maximum atomic E-state index is 3.12. The SMILES string of the molecule is CCc1[c-]cccc1.[CH3-].[Y]. The van der Waals surface area contributed by atoms with Gasteiger partial charge in [0.05, 0.1) is 0 Å². The fraction of sp³-hybridized carbons (Fsp3) is 0.222. The molecule has 0 bridgehead atoms. The van der Waals surface area contributed by atoms with Crippen LogP contribution >= 0.6 is 0 Å². The number of hydrogen-bond donors (Lipinski definition) is 0. The topological polar surface area (TPSA) is 0 Å². The first-order chi connectivity index (χ1) is 3.93. The summed E-state index contributed by atoms with van der Waals surface area (Å²) in [5, 5.41) is 0. The summed E-state index contributed by atoms with van der Waals surface area (Å²) in [5.74, 6) is 0. The Bertz CT molecular complexity index is 146. The van der Waals surface area contributed by atoms with Gasteiger partial charge >= 0.3 is 0 Å². The van der Waals surface area contributed by atoms with Crippen molar-refractivity contribution in [1.29, 1.82) is 0 Å². The van der Waals surface area contributed by atoms with E-state index in [1.807, 2.05) is 18.2 Å². The van der Waals surface area contributed by atoms with Crippen molar-refractivity contribution in [3.05, 3.63) is 43.3 Å². The molecule has 53 valence electrons. The van der Waals surface area contributed by atoms with Crippen molar-refractivity contribution in [3.63, 3.8) is 0 Å². The van der Waals surface area contributed by atoms with Crippen LogP contribution in [0.1, 0.15) is 12.5 Å². The number of aryl methyl sites for hydroxylation is 1. The Kier molecular flexibility index (Phi) is 9.63. The van der Waals surface area contributed by atoms with Crippen molar-refractivity contribution >= 4 is 0 Å². The first-order valence-corrected chi connectivity index (χ1v) is 2.89. The molecule has 0 aliphatic carbocycles. The molecule has 0 aliphatic heterocycles. The normalized spacial score (nSPS) is 7.30. The largest absolute Gasteiger partial charge is 0.358 e. The molecule has 1 heteroatoms. The molecule has 0 N–H and O–H groups in total. The van der Waals surface area contributed by atoms with Crippen LogP contribution in [-0.2, 0) is 39.1 Å². The van der Waals surface area contributed by atoms with Crippen LogP contribution in [0.15, 0.2) is 24.3 Å². The van der Waals surface area contributed by atoms with E-state index in [1.165, 1.54) is 5.56 Å². The van der Waals surface area contributed by atoms with E-state index in [2.05, 4.69) is 19.1 Å². The van der Waals surface area contributed by atoms with Crippen molar-refractivity contribution in [3.8, 4) is 0 Å². The van der Waals surface area contributed by atoms with Crippen LogP contribution in [0.25, 0.3) is 0 Å². The second-order valence-electron chi connectivity index (χ2n) is 1.74. The molecule has 1 aromatic rings. The van der Waals surface area contributed by atoms with Gasteiger partial charge in [0.25, 0.3) is 0 Å². The van der Waals surface area contributed by atoms with Gasteiger partial charge in [-0.15, -0.1) is 0 Å². The van der Waals surface area contributed by atoms with Crippen LogP contribution in [0.5, 0.6) is 0 Å². The van der Waals surface area contributed by atoms with E-state index in [9.17, 15) is 0 Å². The predicted molar refractivity (Wildman–Crippen MR) is 41.1 cm³/mol. The maximum absolute atomic E-state index is 3.12. The van der Waals surface area contributed by atoms with Crippen molar-refractivity contribution in [2.45, 2.75) is 13.3 Å². The van der Waals surface area contributed by atoms with Crippen LogP contribution in [0.2, 0.25) is 0 Å². The summed E-state index contributed by atoms with van der Waals surface area (Å²) in [6.07, 6.45) is 1.08. The second kappa shape index (κ2) is 7.43. The summed E-state index contributed by atoms with van der Waals surface area (Å²) in [5.41, 5.74) is 1.28. The molecule has 0 spiro atoms. The summed E-state index contributed by atoms with van der Waals surface area (Å²) in [7, 11) is 0. The first kappa shape index (κ1) is 13.0. The van der Waals surface area contributed by atoms with Gasteiger partial charge in [-0.1, -0.05) is 13.3 Å². The molecule has 0 nitrogen and oxygen atoms in total. The molecule has 0 atom stereocenters. The monoisotopic (exact) mass is 209 g/mol. The average Bonchev–Trinajstić information content (AvgIpc) is 1.90. The molecule has 0 fully saturated rings. The first-order valence-electron chi connectivity index (χ1n) is 2.89. The molecule has 0 amide bonds. The van der Waals surface area contributed by atoms with Gasteiger partial charge in [-0.25, -0.2) is 0 Å². The predicted octanol–water partition coefficient (Wildman–Crippen LogP) is 2.50. The quantitative estimate of drug-likeness (QED) is 0.623. The van der Waals surface area contributed by atoms with Gasteiger partial charge in [-0.05, 0) is 0 Å². The molecule has 0 saturated heterocycles. The van der Waals surface area contributed by atoms with Crippen LogP contribution in [0.3, 0.4) is 0 Å². The van der Waals surface area contributed by atoms with Gasteiger partial charge in [0.1, 0.15) is 0 Å². The molecule has 0 heterocycles. The Labute approximate surface area is 88.9 Å². The zero-order chi connectivity index (χ0) is 5.82. The minimum atomic E-state index is 0. The molecule has 0 unspecified atom stereocenters. The average molecular weight is 209 g/mol. The van der Waals surface area contributed by atoms with E-state index >= 15 is 0 Å². The van der Waals surface area contributed by atoms with E-state index in [0.717, 1.165) is 6.42 Å². The van der Waals surface area contributed by atoms with Gasteiger partial charge in [-0.2, -0.15) is 35.9 Å². The van der Waals surface area contributed by atoms with Gasteiger partial charge in [0, 0.05) is 32.7 Å². The molecule has 10 heavy (non-hydrogen) atoms. The fourth-order valence-corrected chi connectivity index (χ4v) is 0.650. The Morgan fingerprint density at radius 3 is 2.40 bits per heavy atom. The number of benzene rings is 1. The molecular weight excluding hydrogens is 197 g/mol. The molecular formula is C9H12Y-2. The Morgan fingerprint density at radius 2 is 2.10 bits per heavy atom. The third-order valence-corrected chi connectivity index (χ3v) is 1.15. The molecule has 0 aliphatic rings. The Balaban J connectivity index is 0. The Morgan fingerprint density at radius 1 is 1.40 bits per heavy atom. The summed E-state index contributed by atoms with van der Waals surface area (Å²) in [4.78, 5) is 0. The van der Waals surface area contributed by atoms with E-state index in [-0.39, 0.29) is 40.1 Å². The van der Waals surface area contributed by atoms with Crippen LogP contribution in [0.4, 0.5) is 0 Å². The standard InChI is InChI=1S/C8H9.CH3.Y/c1-2-8-6-4-3-5-7-8;;/h3-6H,2H2,1H3;1H3;/q2*-1;. The molecule has 1 radical (unpaired) electrons. The maximum Gasteiger partial charge on any atom is 0 e. The van der Waals surface area contributed by atoms with Crippen LogP contribution < -0.4 is 0 Å². The smallest absolute Gasteiger partial charge is 0 e. The summed E-state index contributed by atoms with van der Waals surface area (Å²) < 4.78 is 0. The third kappa shape index (κ3) is 4.19. The summed E-state index contributed by atoms with van der Waals surface area (Å²) in [6.45, 7) is 2.13. The van der Waals surface area contributed by atoms with Gasteiger partial charge in [0.15, 0.2) is 0 Å². The Hall–Kier alpha value is 0.324. The zero-order valence-corrected chi connectivity index (χ0v) is 9.43. The third-order valence-electron chi connectivity index (χ3n) is 1.15. The van der Waals surface area contributed by atoms with E-state index in [0.29, 0.717) is 0 Å². The van der Waals surface area contributed by atoms with Crippen molar-refractivity contribution in [1.82, 2.24) is 0 Å². The zero-order valence-electron chi connectivity index (χ0n) is 6.59. The summed E-state index contributed by atoms with van der Waals surface area (Å²) >= 11 is 0. The van der Waals surface area contributed by atoms with Crippen molar-refractivity contribution in [2.75, 3.05) is 0 Å². The molecule has 1 aromatic carbocycles. The van der Waals surface area contributed by atoms with Gasteiger partial charge in [-0.3, -0.25) is 0 Å². The fourth-order valence-electron chi connectivity index (χ4n) is 0.650. The van der Waals surface area contributed by atoms with E-state index in [4.69, 9.17) is 0 Å². The minimum absolute atomic E-state index is 0.